The Kier molecular flexibility index (Phi) is 8.99. The van der Waals surface area contributed by atoms with Crippen LogP contribution in [0.1, 0.15) is 26.3 Å². The summed E-state index contributed by atoms with van der Waals surface area (Å²) in [5.41, 5.74) is -2.46. The third-order valence-electron chi connectivity index (χ3n) is 6.77. The fraction of sp³-hybridized carbons (Fsp3) is 0.286. The van der Waals surface area contributed by atoms with Gasteiger partial charge in [0.25, 0.3) is 0 Å². The lowest BCUT2D eigenvalue weighted by atomic mass is 10.0. The van der Waals surface area contributed by atoms with Gasteiger partial charge in [-0.05, 0) is 66.7 Å². The van der Waals surface area contributed by atoms with Crippen LogP contribution in [-0.4, -0.2) is 31.8 Å². The molecule has 12 heteroatoms. The predicted octanol–water partition coefficient (Wildman–Crippen LogP) is 7.01. The molecule has 4 aromatic rings. The van der Waals surface area contributed by atoms with Gasteiger partial charge in [-0.3, -0.25) is 0 Å². The third-order valence-corrected chi connectivity index (χ3v) is 12.0. The number of benzene rings is 3. The summed E-state index contributed by atoms with van der Waals surface area (Å²) < 4.78 is 73.7. The van der Waals surface area contributed by atoms with Crippen molar-refractivity contribution in [2.45, 2.75) is 44.4 Å². The van der Waals surface area contributed by atoms with Crippen LogP contribution < -0.4 is 13.7 Å². The van der Waals surface area contributed by atoms with E-state index in [0.717, 1.165) is 33.1 Å². The molecule has 0 bridgehead atoms. The van der Waals surface area contributed by atoms with E-state index in [4.69, 9.17) is 34.4 Å². The van der Waals surface area contributed by atoms with Crippen molar-refractivity contribution in [3.05, 3.63) is 78.4 Å². The van der Waals surface area contributed by atoms with Gasteiger partial charge in [0.1, 0.15) is 18.5 Å². The van der Waals surface area contributed by atoms with E-state index in [2.05, 4.69) is 69.7 Å². The van der Waals surface area contributed by atoms with Gasteiger partial charge < -0.3 is 13.7 Å². The summed E-state index contributed by atoms with van der Waals surface area (Å²) >= 11 is 5.81. The van der Waals surface area contributed by atoms with Gasteiger partial charge in [-0.25, -0.2) is 8.42 Å². The molecule has 1 heterocycles. The Labute approximate surface area is 238 Å². The lowest BCUT2D eigenvalue weighted by molar-refractivity contribution is -0.617. The van der Waals surface area contributed by atoms with E-state index < -0.39 is 23.9 Å². The normalized spacial score (nSPS) is 12.6. The molecular weight excluding hydrogens is 580 g/mol. The summed E-state index contributed by atoms with van der Waals surface area (Å²) in [6, 6.07) is 24.4. The van der Waals surface area contributed by atoms with E-state index in [1.54, 1.807) is 0 Å². The van der Waals surface area contributed by atoms with Crippen LogP contribution in [0.25, 0.3) is 21.8 Å². The Balaban J connectivity index is 0.000000482. The maximum Gasteiger partial charge on any atom is 0.485 e. The first-order valence-electron chi connectivity index (χ1n) is 12.2. The molecule has 0 saturated heterocycles. The van der Waals surface area contributed by atoms with E-state index >= 15 is 0 Å². The molecule has 214 valence electrons. The molecular formula is C28H30F3NO5S2Si. The van der Waals surface area contributed by atoms with Crippen LogP contribution in [0.2, 0.25) is 18.1 Å². The molecule has 3 aromatic carbocycles. The van der Waals surface area contributed by atoms with Crippen LogP contribution in [0, 0.1) is 0 Å². The summed E-state index contributed by atoms with van der Waals surface area (Å²) in [5, 5.41) is 2.78. The summed E-state index contributed by atoms with van der Waals surface area (Å²) in [6.45, 7) is 11.2. The Morgan fingerprint density at radius 3 is 1.65 bits per heavy atom. The average molecular weight is 610 g/mol. The Hall–Kier alpha value is -3.06. The molecule has 0 N–H and O–H groups in total. The predicted molar refractivity (Wildman–Crippen MR) is 155 cm³/mol. The molecule has 6 nitrogen and oxygen atoms in total. The minimum atomic E-state index is -6.09. The van der Waals surface area contributed by atoms with E-state index in [-0.39, 0.29) is 5.04 Å². The SMILES string of the molecule is C[n+]1c2ccccc2c(C(=S)Oc2ccc(O[Si](C)(C)C(C)(C)C)cc2)c2ccccc21.O=S(=O)([O-])C(F)(F)F. The highest BCUT2D eigenvalue weighted by Crippen LogP contribution is 2.37. The monoisotopic (exact) mass is 609 g/mol. The number of ether oxygens (including phenoxy) is 1. The zero-order valence-corrected chi connectivity index (χ0v) is 25.5. The van der Waals surface area contributed by atoms with Crippen LogP contribution in [0.15, 0.2) is 72.8 Å². The van der Waals surface area contributed by atoms with Crippen molar-refractivity contribution in [1.82, 2.24) is 0 Å². The number of hydrogen-bond acceptors (Lipinski definition) is 6. The van der Waals surface area contributed by atoms with Crippen LogP contribution in [0.5, 0.6) is 11.5 Å². The van der Waals surface area contributed by atoms with Gasteiger partial charge in [0.15, 0.2) is 15.2 Å². The number of para-hydroxylation sites is 2. The lowest BCUT2D eigenvalue weighted by Gasteiger charge is -2.36. The quantitative estimate of drug-likeness (QED) is 0.0619. The first-order chi connectivity index (χ1) is 18.3. The molecule has 0 aliphatic rings. The van der Waals surface area contributed by atoms with Gasteiger partial charge in [-0.2, -0.15) is 17.7 Å². The number of rotatable bonds is 4. The highest BCUT2D eigenvalue weighted by Gasteiger charge is 2.39. The number of pyridine rings is 1. The molecule has 0 saturated carbocycles. The lowest BCUT2D eigenvalue weighted by Crippen LogP contribution is -2.43. The first kappa shape index (κ1) is 31.5. The Morgan fingerprint density at radius 2 is 1.25 bits per heavy atom. The minimum absolute atomic E-state index is 0.148. The molecule has 4 rings (SSSR count). The smallest absolute Gasteiger partial charge is 0.485 e. The van der Waals surface area contributed by atoms with Gasteiger partial charge in [-0.15, -0.1) is 0 Å². The van der Waals surface area contributed by atoms with Crippen molar-refractivity contribution in [3.8, 4) is 11.5 Å². The van der Waals surface area contributed by atoms with Gasteiger partial charge in [0.2, 0.25) is 19.4 Å². The Morgan fingerprint density at radius 1 is 0.850 bits per heavy atom. The third kappa shape index (κ3) is 6.98. The molecule has 0 radical (unpaired) electrons. The maximum absolute atomic E-state index is 10.7. The molecule has 0 atom stereocenters. The summed E-state index contributed by atoms with van der Waals surface area (Å²) in [4.78, 5) is 0. The fourth-order valence-electron chi connectivity index (χ4n) is 3.63. The number of nitrogens with zero attached hydrogens (tertiary/aromatic N) is 1. The van der Waals surface area contributed by atoms with Crippen molar-refractivity contribution < 1.29 is 39.9 Å². The van der Waals surface area contributed by atoms with Gasteiger partial charge in [-0.1, -0.05) is 45.0 Å². The van der Waals surface area contributed by atoms with E-state index in [1.807, 2.05) is 48.5 Å². The largest absolute Gasteiger partial charge is 0.741 e. The molecule has 40 heavy (non-hydrogen) atoms. The number of aryl methyl sites for hydroxylation is 1. The van der Waals surface area contributed by atoms with Gasteiger partial charge >= 0.3 is 5.51 Å². The molecule has 0 fully saturated rings. The topological polar surface area (TPSA) is 79.5 Å². The van der Waals surface area contributed by atoms with Crippen molar-refractivity contribution in [2.24, 2.45) is 7.05 Å². The number of alkyl halides is 3. The van der Waals surface area contributed by atoms with Crippen molar-refractivity contribution in [1.29, 1.82) is 0 Å². The van der Waals surface area contributed by atoms with Gasteiger partial charge in [0, 0.05) is 12.1 Å². The second-order valence-corrected chi connectivity index (χ2v) is 17.1. The fourth-order valence-corrected chi connectivity index (χ4v) is 4.98. The number of halogens is 3. The molecule has 0 amide bonds. The van der Waals surface area contributed by atoms with Crippen LogP contribution in [0.3, 0.4) is 0 Å². The minimum Gasteiger partial charge on any atom is -0.741 e. The van der Waals surface area contributed by atoms with Crippen LogP contribution in [0.4, 0.5) is 13.2 Å². The molecule has 0 aliphatic carbocycles. The zero-order chi connectivity index (χ0) is 30.1. The zero-order valence-electron chi connectivity index (χ0n) is 22.9. The van der Waals surface area contributed by atoms with E-state index in [0.29, 0.717) is 10.8 Å². The molecule has 0 aliphatic heterocycles. The molecule has 0 spiro atoms. The number of hydrogen-bond donors (Lipinski definition) is 0. The highest BCUT2D eigenvalue weighted by atomic mass is 32.2. The van der Waals surface area contributed by atoms with Crippen LogP contribution >= 0.6 is 12.2 Å². The number of aromatic nitrogens is 1. The Bertz CT molecular complexity index is 1590. The summed E-state index contributed by atoms with van der Waals surface area (Å²) in [6.07, 6.45) is 0. The van der Waals surface area contributed by atoms with Gasteiger partial charge in [0.05, 0.1) is 16.3 Å². The highest BCUT2D eigenvalue weighted by molar-refractivity contribution is 7.86. The number of fused-ring (bicyclic) bond motifs is 2. The molecule has 0 unspecified atom stereocenters. The van der Waals surface area contributed by atoms with Crippen molar-refractivity contribution >= 4 is 57.5 Å². The standard InChI is InChI=1S/C27H30NO2SSi.CHF3O3S/c1-27(2,3)32(5,6)30-20-17-15-19(16-18-20)29-26(31)25-21-11-7-9-13-23(21)28(4)24-14-10-8-12-22(24)25;2-1(3,4)8(5,6)7/h7-18H,1-6H3;(H,5,6,7)/q+1;/p-1. The van der Waals surface area contributed by atoms with Crippen molar-refractivity contribution in [2.75, 3.05) is 0 Å². The number of thiocarbonyl (C=S) groups is 1. The van der Waals surface area contributed by atoms with E-state index in [1.165, 1.54) is 0 Å². The van der Waals surface area contributed by atoms with Crippen molar-refractivity contribution in [3.63, 3.8) is 0 Å². The van der Waals surface area contributed by atoms with Crippen LogP contribution in [-0.2, 0) is 17.2 Å². The summed E-state index contributed by atoms with van der Waals surface area (Å²) in [7, 11) is -5.89. The second kappa shape index (κ2) is 11.4. The maximum atomic E-state index is 10.7. The molecule has 1 aromatic heterocycles. The second-order valence-electron chi connectivity index (χ2n) is 10.6. The average Bonchev–Trinajstić information content (AvgIpc) is 2.84. The van der Waals surface area contributed by atoms with E-state index in [9.17, 15) is 13.2 Å². The first-order valence-corrected chi connectivity index (χ1v) is 16.9. The summed E-state index contributed by atoms with van der Waals surface area (Å²) in [5.74, 6) is 1.58.